The van der Waals surface area contributed by atoms with Crippen LogP contribution in [0, 0.1) is 11.8 Å². The smallest absolute Gasteiger partial charge is 0.227 e. The lowest BCUT2D eigenvalue weighted by Crippen LogP contribution is -2.27. The van der Waals surface area contributed by atoms with Crippen molar-refractivity contribution in [3.63, 3.8) is 0 Å². The van der Waals surface area contributed by atoms with E-state index in [2.05, 4.69) is 9.88 Å². The Labute approximate surface area is 142 Å². The van der Waals surface area contributed by atoms with Gasteiger partial charge in [-0.05, 0) is 24.3 Å². The molecule has 0 radical (unpaired) electrons. The zero-order valence-corrected chi connectivity index (χ0v) is 14.3. The number of anilines is 2. The zero-order chi connectivity index (χ0) is 16.7. The van der Waals surface area contributed by atoms with E-state index in [4.69, 9.17) is 20.2 Å². The Morgan fingerprint density at radius 2 is 1.79 bits per heavy atom. The number of hydrogen-bond donors (Lipinski definition) is 1. The molecule has 0 amide bonds. The molecule has 1 saturated carbocycles. The number of methoxy groups -OCH3 is 2. The molecule has 2 N–H and O–H groups in total. The largest absolute Gasteiger partial charge is 0.493 e. The average molecular weight is 328 g/mol. The fourth-order valence-electron chi connectivity index (χ4n) is 3.87. The molecule has 1 aliphatic carbocycles. The molecule has 128 valence electrons. The molecule has 6 heteroatoms. The normalized spacial score (nSPS) is 21.1. The van der Waals surface area contributed by atoms with E-state index in [0.29, 0.717) is 17.3 Å². The predicted molar refractivity (Wildman–Crippen MR) is 94.7 cm³/mol. The molecule has 1 aromatic carbocycles. The van der Waals surface area contributed by atoms with Crippen LogP contribution in [-0.2, 0) is 0 Å². The molecule has 0 spiro atoms. The van der Waals surface area contributed by atoms with Gasteiger partial charge in [-0.3, -0.25) is 0 Å². The van der Waals surface area contributed by atoms with Crippen LogP contribution in [0.5, 0.6) is 11.5 Å². The highest BCUT2D eigenvalue weighted by Gasteiger charge is 2.33. The van der Waals surface area contributed by atoms with Crippen molar-refractivity contribution in [2.24, 2.45) is 11.8 Å². The Kier molecular flexibility index (Phi) is 3.82. The molecule has 4 rings (SSSR count). The molecule has 1 aromatic heterocycles. The summed E-state index contributed by atoms with van der Waals surface area (Å²) in [4.78, 5) is 11.6. The lowest BCUT2D eigenvalue weighted by Gasteiger charge is -2.31. The molecule has 2 aliphatic rings. The van der Waals surface area contributed by atoms with Crippen LogP contribution in [0.25, 0.3) is 10.9 Å². The highest BCUT2D eigenvalue weighted by Crippen LogP contribution is 2.39. The number of nitrogen functional groups attached to an aromatic ring is 1. The third-order valence-electron chi connectivity index (χ3n) is 5.54. The SMILES string of the molecule is COc1cc2nc(N3CCC(C4CCC4)C3)nc(N)c2cc1OC. The zero-order valence-electron chi connectivity index (χ0n) is 14.3. The van der Waals surface area contributed by atoms with Gasteiger partial charge in [-0.15, -0.1) is 0 Å². The summed E-state index contributed by atoms with van der Waals surface area (Å²) in [5, 5.41) is 0.797. The van der Waals surface area contributed by atoms with Crippen LogP contribution in [0.1, 0.15) is 25.7 Å². The Morgan fingerprint density at radius 1 is 1.04 bits per heavy atom. The predicted octanol–water partition coefficient (Wildman–Crippen LogP) is 2.86. The number of aromatic nitrogens is 2. The summed E-state index contributed by atoms with van der Waals surface area (Å²) in [6, 6.07) is 3.71. The van der Waals surface area contributed by atoms with Gasteiger partial charge in [-0.1, -0.05) is 19.3 Å². The van der Waals surface area contributed by atoms with Crippen LogP contribution in [-0.4, -0.2) is 37.3 Å². The molecule has 2 fully saturated rings. The van der Waals surface area contributed by atoms with Gasteiger partial charge in [0.1, 0.15) is 5.82 Å². The van der Waals surface area contributed by atoms with E-state index in [0.717, 1.165) is 41.8 Å². The van der Waals surface area contributed by atoms with Crippen LogP contribution in [0.4, 0.5) is 11.8 Å². The molecule has 0 bridgehead atoms. The van der Waals surface area contributed by atoms with Gasteiger partial charge in [-0.2, -0.15) is 4.98 Å². The summed E-state index contributed by atoms with van der Waals surface area (Å²) in [5.41, 5.74) is 6.99. The molecule has 1 aliphatic heterocycles. The van der Waals surface area contributed by atoms with Gasteiger partial charge in [0.25, 0.3) is 0 Å². The van der Waals surface area contributed by atoms with Crippen molar-refractivity contribution in [1.82, 2.24) is 9.97 Å². The van der Waals surface area contributed by atoms with Crippen molar-refractivity contribution in [1.29, 1.82) is 0 Å². The first-order valence-corrected chi connectivity index (χ1v) is 8.63. The maximum atomic E-state index is 6.20. The summed E-state index contributed by atoms with van der Waals surface area (Å²) in [6.07, 6.45) is 5.40. The second kappa shape index (κ2) is 6.00. The topological polar surface area (TPSA) is 73.5 Å². The highest BCUT2D eigenvalue weighted by atomic mass is 16.5. The van der Waals surface area contributed by atoms with Crippen LogP contribution < -0.4 is 20.1 Å². The lowest BCUT2D eigenvalue weighted by atomic mass is 9.75. The van der Waals surface area contributed by atoms with Gasteiger partial charge in [0.2, 0.25) is 5.95 Å². The van der Waals surface area contributed by atoms with Gasteiger partial charge < -0.3 is 20.1 Å². The molecular weight excluding hydrogens is 304 g/mol. The van der Waals surface area contributed by atoms with Gasteiger partial charge in [-0.25, -0.2) is 4.98 Å². The summed E-state index contributed by atoms with van der Waals surface area (Å²) in [7, 11) is 3.23. The second-order valence-corrected chi connectivity index (χ2v) is 6.82. The first kappa shape index (κ1) is 15.3. The lowest BCUT2D eigenvalue weighted by molar-refractivity contribution is 0.221. The summed E-state index contributed by atoms with van der Waals surface area (Å²) >= 11 is 0. The van der Waals surface area contributed by atoms with Gasteiger partial charge in [0.15, 0.2) is 11.5 Å². The molecule has 1 unspecified atom stereocenters. The fourth-order valence-corrected chi connectivity index (χ4v) is 3.87. The minimum absolute atomic E-state index is 0.489. The van der Waals surface area contributed by atoms with Crippen molar-refractivity contribution in [3.8, 4) is 11.5 Å². The van der Waals surface area contributed by atoms with Crippen molar-refractivity contribution in [3.05, 3.63) is 12.1 Å². The van der Waals surface area contributed by atoms with Crippen molar-refractivity contribution < 1.29 is 9.47 Å². The van der Waals surface area contributed by atoms with E-state index < -0.39 is 0 Å². The Morgan fingerprint density at radius 3 is 2.46 bits per heavy atom. The number of hydrogen-bond acceptors (Lipinski definition) is 6. The van der Waals surface area contributed by atoms with E-state index in [1.807, 2.05) is 12.1 Å². The van der Waals surface area contributed by atoms with Crippen LogP contribution >= 0.6 is 0 Å². The van der Waals surface area contributed by atoms with Gasteiger partial charge >= 0.3 is 0 Å². The van der Waals surface area contributed by atoms with E-state index >= 15 is 0 Å². The summed E-state index contributed by atoms with van der Waals surface area (Å²) in [5.74, 6) is 4.20. The third-order valence-corrected chi connectivity index (χ3v) is 5.54. The molecule has 2 aromatic rings. The van der Waals surface area contributed by atoms with E-state index in [1.54, 1.807) is 14.2 Å². The number of rotatable bonds is 4. The Balaban J connectivity index is 1.67. The summed E-state index contributed by atoms with van der Waals surface area (Å²) in [6.45, 7) is 2.06. The molecule has 6 nitrogen and oxygen atoms in total. The number of fused-ring (bicyclic) bond motifs is 1. The second-order valence-electron chi connectivity index (χ2n) is 6.82. The maximum absolute atomic E-state index is 6.20. The number of benzene rings is 1. The van der Waals surface area contributed by atoms with Gasteiger partial charge in [0, 0.05) is 24.5 Å². The van der Waals surface area contributed by atoms with Crippen LogP contribution in [0.2, 0.25) is 0 Å². The fraction of sp³-hybridized carbons (Fsp3) is 0.556. The minimum atomic E-state index is 0.489. The average Bonchev–Trinajstić information content (AvgIpc) is 3.01. The molecule has 1 atom stereocenters. The van der Waals surface area contributed by atoms with Crippen LogP contribution in [0.15, 0.2) is 12.1 Å². The van der Waals surface area contributed by atoms with Crippen molar-refractivity contribution >= 4 is 22.7 Å². The quantitative estimate of drug-likeness (QED) is 0.930. The standard InChI is InChI=1S/C18H24N4O2/c1-23-15-8-13-14(9-16(15)24-2)20-18(21-17(13)19)22-7-6-12(10-22)11-4-3-5-11/h8-9,11-12H,3-7,10H2,1-2H3,(H2,19,20,21). The number of nitrogens with two attached hydrogens (primary N) is 1. The van der Waals surface area contributed by atoms with Crippen LogP contribution in [0.3, 0.4) is 0 Å². The molecule has 1 saturated heterocycles. The van der Waals surface area contributed by atoms with E-state index in [-0.39, 0.29) is 0 Å². The molecule has 24 heavy (non-hydrogen) atoms. The van der Waals surface area contributed by atoms with Gasteiger partial charge in [0.05, 0.1) is 19.7 Å². The highest BCUT2D eigenvalue weighted by molar-refractivity contribution is 5.91. The number of ether oxygens (including phenoxy) is 2. The monoisotopic (exact) mass is 328 g/mol. The molecular formula is C18H24N4O2. The maximum Gasteiger partial charge on any atom is 0.227 e. The third kappa shape index (κ3) is 2.50. The van der Waals surface area contributed by atoms with E-state index in [1.165, 1.54) is 25.7 Å². The number of nitrogens with zero attached hydrogens (tertiary/aromatic N) is 3. The first-order chi connectivity index (χ1) is 11.7. The first-order valence-electron chi connectivity index (χ1n) is 8.63. The van der Waals surface area contributed by atoms with Crippen molar-refractivity contribution in [2.45, 2.75) is 25.7 Å². The summed E-state index contributed by atoms with van der Waals surface area (Å²) < 4.78 is 10.7. The molecule has 2 heterocycles. The Hall–Kier alpha value is -2.24. The Bertz CT molecular complexity index is 760. The minimum Gasteiger partial charge on any atom is -0.493 e. The van der Waals surface area contributed by atoms with E-state index in [9.17, 15) is 0 Å². The van der Waals surface area contributed by atoms with Crippen molar-refractivity contribution in [2.75, 3.05) is 37.9 Å².